The fourth-order valence-corrected chi connectivity index (χ4v) is 4.08. The molecule has 33 heavy (non-hydrogen) atoms. The van der Waals surface area contributed by atoms with Gasteiger partial charge in [0.15, 0.2) is 5.11 Å². The molecule has 2 amide bonds. The molecule has 1 heterocycles. The second kappa shape index (κ2) is 9.57. The van der Waals surface area contributed by atoms with Crippen molar-refractivity contribution in [2.75, 3.05) is 4.90 Å². The summed E-state index contributed by atoms with van der Waals surface area (Å²) >= 11 is 11.2. The third-order valence-corrected chi connectivity index (χ3v) is 5.74. The van der Waals surface area contributed by atoms with E-state index in [0.717, 1.165) is 28.0 Å². The van der Waals surface area contributed by atoms with E-state index in [1.807, 2.05) is 56.3 Å². The van der Waals surface area contributed by atoms with Gasteiger partial charge in [-0.2, -0.15) is 0 Å². The minimum atomic E-state index is -0.532. The molecule has 1 fully saturated rings. The molecule has 0 aromatic heterocycles. The number of benzene rings is 3. The molecule has 3 aromatic carbocycles. The van der Waals surface area contributed by atoms with Crippen LogP contribution in [0.2, 0.25) is 5.02 Å². The molecule has 0 spiro atoms. The van der Waals surface area contributed by atoms with Crippen LogP contribution in [-0.2, 0) is 16.2 Å². The van der Waals surface area contributed by atoms with Crippen LogP contribution in [-0.4, -0.2) is 16.9 Å². The molecule has 1 N–H and O–H groups in total. The van der Waals surface area contributed by atoms with Gasteiger partial charge in [-0.1, -0.05) is 41.9 Å². The SMILES string of the molecule is Cc1cc(/C=C2/C(=O)NC(=S)N(c3ccc(Cl)cc3)C2=O)cc(C)c1OCc1ccccc1. The molecule has 1 saturated heterocycles. The summed E-state index contributed by atoms with van der Waals surface area (Å²) in [5.41, 5.74) is 4.13. The lowest BCUT2D eigenvalue weighted by Gasteiger charge is -2.29. The van der Waals surface area contributed by atoms with Gasteiger partial charge in [0, 0.05) is 5.02 Å². The molecular formula is C26H21ClN2O3S. The van der Waals surface area contributed by atoms with Crippen molar-refractivity contribution in [3.63, 3.8) is 0 Å². The maximum atomic E-state index is 13.2. The number of thiocarbonyl (C=S) groups is 1. The largest absolute Gasteiger partial charge is 0.488 e. The Bertz CT molecular complexity index is 1250. The Morgan fingerprint density at radius 2 is 1.64 bits per heavy atom. The number of nitrogens with one attached hydrogen (secondary N) is 1. The minimum absolute atomic E-state index is 0.00435. The predicted octanol–water partition coefficient (Wildman–Crippen LogP) is 5.37. The number of carbonyl (C=O) groups is 2. The van der Waals surface area contributed by atoms with Crippen molar-refractivity contribution in [2.24, 2.45) is 0 Å². The van der Waals surface area contributed by atoms with Crippen LogP contribution >= 0.6 is 23.8 Å². The molecule has 0 atom stereocenters. The van der Waals surface area contributed by atoms with Gasteiger partial charge in [0.2, 0.25) is 0 Å². The first kappa shape index (κ1) is 22.7. The van der Waals surface area contributed by atoms with Crippen LogP contribution in [0.15, 0.2) is 72.3 Å². The van der Waals surface area contributed by atoms with Gasteiger partial charge >= 0.3 is 0 Å². The van der Waals surface area contributed by atoms with Gasteiger partial charge < -0.3 is 4.74 Å². The van der Waals surface area contributed by atoms with Crippen LogP contribution in [0, 0.1) is 13.8 Å². The summed E-state index contributed by atoms with van der Waals surface area (Å²) in [6.07, 6.45) is 1.57. The van der Waals surface area contributed by atoms with Crippen molar-refractivity contribution in [3.05, 3.63) is 99.6 Å². The number of rotatable bonds is 5. The molecular weight excluding hydrogens is 456 g/mol. The second-order valence-electron chi connectivity index (χ2n) is 7.69. The summed E-state index contributed by atoms with van der Waals surface area (Å²) < 4.78 is 6.04. The van der Waals surface area contributed by atoms with Crippen LogP contribution in [0.1, 0.15) is 22.3 Å². The standard InChI is InChI=1S/C26H21ClN2O3S/c1-16-12-19(13-17(2)23(16)32-15-18-6-4-3-5-7-18)14-22-24(30)28-26(33)29(25(22)31)21-10-8-20(27)9-11-21/h3-14H,15H2,1-2H3,(H,28,30,33)/b22-14-. The second-order valence-corrected chi connectivity index (χ2v) is 8.52. The number of hydrogen-bond donors (Lipinski definition) is 1. The molecule has 0 aliphatic carbocycles. The Morgan fingerprint density at radius 1 is 1.00 bits per heavy atom. The number of aryl methyl sites for hydroxylation is 2. The van der Waals surface area contributed by atoms with Crippen molar-refractivity contribution < 1.29 is 14.3 Å². The van der Waals surface area contributed by atoms with Crippen LogP contribution < -0.4 is 15.0 Å². The average Bonchev–Trinajstić information content (AvgIpc) is 2.78. The molecule has 7 heteroatoms. The summed E-state index contributed by atoms with van der Waals surface area (Å²) in [4.78, 5) is 27.1. The van der Waals surface area contributed by atoms with Gasteiger partial charge in [-0.15, -0.1) is 0 Å². The normalized spacial score (nSPS) is 15.1. The Balaban J connectivity index is 1.61. The zero-order chi connectivity index (χ0) is 23.5. The minimum Gasteiger partial charge on any atom is -0.488 e. The first-order chi connectivity index (χ1) is 15.8. The zero-order valence-electron chi connectivity index (χ0n) is 18.1. The predicted molar refractivity (Wildman–Crippen MR) is 134 cm³/mol. The lowest BCUT2D eigenvalue weighted by molar-refractivity contribution is -0.122. The molecule has 4 rings (SSSR count). The first-order valence-corrected chi connectivity index (χ1v) is 11.1. The van der Waals surface area contributed by atoms with Crippen molar-refractivity contribution >= 4 is 52.5 Å². The smallest absolute Gasteiger partial charge is 0.270 e. The molecule has 0 radical (unpaired) electrons. The third-order valence-electron chi connectivity index (χ3n) is 5.21. The fraction of sp³-hybridized carbons (Fsp3) is 0.115. The van der Waals surface area contributed by atoms with Gasteiger partial charge in [0.1, 0.15) is 17.9 Å². The Labute approximate surface area is 202 Å². The first-order valence-electron chi connectivity index (χ1n) is 10.3. The number of amides is 2. The van der Waals surface area contributed by atoms with Crippen molar-refractivity contribution in [1.82, 2.24) is 5.32 Å². The van der Waals surface area contributed by atoms with E-state index >= 15 is 0 Å². The maximum absolute atomic E-state index is 13.2. The van der Waals surface area contributed by atoms with E-state index < -0.39 is 11.8 Å². The lowest BCUT2D eigenvalue weighted by atomic mass is 10.0. The van der Waals surface area contributed by atoms with Crippen LogP contribution in [0.5, 0.6) is 5.75 Å². The number of carbonyl (C=O) groups excluding carboxylic acids is 2. The van der Waals surface area contributed by atoms with Crippen molar-refractivity contribution in [2.45, 2.75) is 20.5 Å². The molecule has 3 aromatic rings. The molecule has 1 aliphatic heterocycles. The van der Waals surface area contributed by atoms with Gasteiger partial charge in [-0.25, -0.2) is 0 Å². The highest BCUT2D eigenvalue weighted by Gasteiger charge is 2.34. The molecule has 166 valence electrons. The van der Waals surface area contributed by atoms with Gasteiger partial charge in [0.05, 0.1) is 5.69 Å². The Hall–Kier alpha value is -3.48. The molecule has 1 aliphatic rings. The monoisotopic (exact) mass is 476 g/mol. The fourth-order valence-electron chi connectivity index (χ4n) is 3.67. The quantitative estimate of drug-likeness (QED) is 0.305. The number of hydrogen-bond acceptors (Lipinski definition) is 4. The van der Waals surface area contributed by atoms with E-state index in [2.05, 4.69) is 5.32 Å². The maximum Gasteiger partial charge on any atom is 0.270 e. The zero-order valence-corrected chi connectivity index (χ0v) is 19.7. The summed E-state index contributed by atoms with van der Waals surface area (Å²) in [5.74, 6) is -0.245. The van der Waals surface area contributed by atoms with Gasteiger partial charge in [0.25, 0.3) is 11.8 Å². The number of anilines is 1. The average molecular weight is 477 g/mol. The Kier molecular flexibility index (Phi) is 6.58. The third kappa shape index (κ3) is 4.97. The lowest BCUT2D eigenvalue weighted by Crippen LogP contribution is -2.54. The van der Waals surface area contributed by atoms with Crippen LogP contribution in [0.25, 0.3) is 6.08 Å². The summed E-state index contributed by atoms with van der Waals surface area (Å²) in [6.45, 7) is 4.33. The van der Waals surface area contributed by atoms with E-state index in [9.17, 15) is 9.59 Å². The topological polar surface area (TPSA) is 58.6 Å². The molecule has 0 bridgehead atoms. The van der Waals surface area contributed by atoms with E-state index in [4.69, 9.17) is 28.6 Å². The van der Waals surface area contributed by atoms with Crippen molar-refractivity contribution in [1.29, 1.82) is 0 Å². The molecule has 0 unspecified atom stereocenters. The number of halogens is 1. The van der Waals surface area contributed by atoms with E-state index in [0.29, 0.717) is 17.3 Å². The highest BCUT2D eigenvalue weighted by molar-refractivity contribution is 7.80. The Morgan fingerprint density at radius 3 is 2.27 bits per heavy atom. The van der Waals surface area contributed by atoms with Crippen LogP contribution in [0.4, 0.5) is 5.69 Å². The van der Waals surface area contributed by atoms with E-state index in [-0.39, 0.29) is 10.7 Å². The number of nitrogens with zero attached hydrogens (tertiary/aromatic N) is 1. The van der Waals surface area contributed by atoms with E-state index in [1.165, 1.54) is 4.90 Å². The van der Waals surface area contributed by atoms with Crippen molar-refractivity contribution in [3.8, 4) is 5.75 Å². The van der Waals surface area contributed by atoms with Crippen LogP contribution in [0.3, 0.4) is 0 Å². The highest BCUT2D eigenvalue weighted by atomic mass is 35.5. The molecule has 5 nitrogen and oxygen atoms in total. The number of ether oxygens (including phenoxy) is 1. The summed E-state index contributed by atoms with van der Waals surface area (Å²) in [5, 5.41) is 3.16. The van der Waals surface area contributed by atoms with Gasteiger partial charge in [-0.05, 0) is 90.8 Å². The summed E-state index contributed by atoms with van der Waals surface area (Å²) in [7, 11) is 0. The summed E-state index contributed by atoms with van der Waals surface area (Å²) in [6, 6.07) is 20.4. The van der Waals surface area contributed by atoms with Gasteiger partial charge in [-0.3, -0.25) is 19.8 Å². The molecule has 0 saturated carbocycles. The highest BCUT2D eigenvalue weighted by Crippen LogP contribution is 2.28. The van der Waals surface area contributed by atoms with E-state index in [1.54, 1.807) is 30.3 Å².